The predicted molar refractivity (Wildman–Crippen MR) is 144 cm³/mol. The molecule has 1 fully saturated rings. The summed E-state index contributed by atoms with van der Waals surface area (Å²) in [6.07, 6.45) is 5.38. The fourth-order valence-corrected chi connectivity index (χ4v) is 5.67. The number of hydrogen-bond donors (Lipinski definition) is 1. The van der Waals surface area contributed by atoms with Gasteiger partial charge in [0.05, 0.1) is 15.8 Å². The molecule has 2 aromatic rings. The number of benzene rings is 2. The second kappa shape index (κ2) is 13.3. The lowest BCUT2D eigenvalue weighted by atomic mass is 9.95. The molecule has 0 aromatic heterocycles. The maximum Gasteiger partial charge on any atom is 0.242 e. The van der Waals surface area contributed by atoms with Gasteiger partial charge in [-0.15, -0.1) is 11.8 Å². The fraction of sp³-hybridized carbons (Fsp3) is 0.440. The predicted octanol–water partition coefficient (Wildman–Crippen LogP) is 7.40. The monoisotopic (exact) mass is 560 g/mol. The molecule has 0 aliphatic heterocycles. The Bertz CT molecular complexity index is 994. The van der Waals surface area contributed by atoms with Gasteiger partial charge < -0.3 is 10.2 Å². The highest BCUT2D eigenvalue weighted by Gasteiger charge is 2.29. The zero-order valence-corrected chi connectivity index (χ0v) is 22.8. The minimum absolute atomic E-state index is 0.155. The summed E-state index contributed by atoms with van der Waals surface area (Å²) in [6, 6.07) is 10.1. The van der Waals surface area contributed by atoms with Gasteiger partial charge in [0.1, 0.15) is 6.04 Å². The van der Waals surface area contributed by atoms with Crippen LogP contribution in [0.25, 0.3) is 0 Å². The van der Waals surface area contributed by atoms with E-state index in [1.54, 1.807) is 42.2 Å². The SMILES string of the molecule is C[C@@H](C(=O)NC1CCCCC1)N(Cc1c(Cl)cccc1Cl)C(=O)CSCc1ccc(Cl)c(Cl)c1. The third kappa shape index (κ3) is 7.69. The van der Waals surface area contributed by atoms with Gasteiger partial charge in [-0.1, -0.05) is 77.8 Å². The molecule has 2 aromatic carbocycles. The molecule has 34 heavy (non-hydrogen) atoms. The molecule has 0 bridgehead atoms. The Morgan fingerprint density at radius 2 is 1.68 bits per heavy atom. The van der Waals surface area contributed by atoms with Crippen LogP contribution in [0.2, 0.25) is 20.1 Å². The van der Waals surface area contributed by atoms with E-state index in [0.29, 0.717) is 31.4 Å². The van der Waals surface area contributed by atoms with Crippen molar-refractivity contribution in [2.45, 2.75) is 63.4 Å². The zero-order chi connectivity index (χ0) is 24.7. The largest absolute Gasteiger partial charge is 0.352 e. The molecule has 0 radical (unpaired) electrons. The van der Waals surface area contributed by atoms with Crippen molar-refractivity contribution in [2.24, 2.45) is 0 Å². The number of carbonyl (C=O) groups excluding carboxylic acids is 2. The zero-order valence-electron chi connectivity index (χ0n) is 19.0. The lowest BCUT2D eigenvalue weighted by molar-refractivity contribution is -0.139. The van der Waals surface area contributed by atoms with Gasteiger partial charge in [-0.05, 0) is 49.6 Å². The molecule has 1 aliphatic rings. The van der Waals surface area contributed by atoms with Crippen LogP contribution in [0, 0.1) is 0 Å². The summed E-state index contributed by atoms with van der Waals surface area (Å²) in [6.45, 7) is 1.91. The van der Waals surface area contributed by atoms with Crippen LogP contribution >= 0.6 is 58.2 Å². The molecule has 3 rings (SSSR count). The van der Waals surface area contributed by atoms with Crippen molar-refractivity contribution in [3.8, 4) is 0 Å². The molecule has 184 valence electrons. The third-order valence-electron chi connectivity index (χ3n) is 5.99. The lowest BCUT2D eigenvalue weighted by Gasteiger charge is -2.31. The Hall–Kier alpha value is -1.11. The topological polar surface area (TPSA) is 49.4 Å². The van der Waals surface area contributed by atoms with E-state index in [-0.39, 0.29) is 30.2 Å². The second-order valence-electron chi connectivity index (χ2n) is 8.48. The first kappa shape index (κ1) is 27.5. The first-order chi connectivity index (χ1) is 16.3. The van der Waals surface area contributed by atoms with E-state index in [1.807, 2.05) is 6.07 Å². The first-order valence-corrected chi connectivity index (χ1v) is 14.0. The van der Waals surface area contributed by atoms with Crippen LogP contribution in [0.3, 0.4) is 0 Å². The smallest absolute Gasteiger partial charge is 0.242 e. The Morgan fingerprint density at radius 1 is 1.00 bits per heavy atom. The third-order valence-corrected chi connectivity index (χ3v) is 8.42. The maximum atomic E-state index is 13.3. The number of halogens is 4. The van der Waals surface area contributed by atoms with E-state index < -0.39 is 6.04 Å². The molecule has 1 atom stereocenters. The van der Waals surface area contributed by atoms with Crippen molar-refractivity contribution in [2.75, 3.05) is 5.75 Å². The molecular weight excluding hydrogens is 534 g/mol. The highest BCUT2D eigenvalue weighted by molar-refractivity contribution is 7.99. The molecule has 2 amide bonds. The van der Waals surface area contributed by atoms with E-state index in [9.17, 15) is 9.59 Å². The highest BCUT2D eigenvalue weighted by atomic mass is 35.5. The van der Waals surface area contributed by atoms with Crippen LogP contribution in [-0.4, -0.2) is 34.6 Å². The summed E-state index contributed by atoms with van der Waals surface area (Å²) in [7, 11) is 0. The lowest BCUT2D eigenvalue weighted by Crippen LogP contribution is -2.50. The second-order valence-corrected chi connectivity index (χ2v) is 11.1. The average molecular weight is 562 g/mol. The molecule has 4 nitrogen and oxygen atoms in total. The summed E-state index contributed by atoms with van der Waals surface area (Å²) in [5, 5.41) is 5.04. The van der Waals surface area contributed by atoms with Gasteiger partial charge in [-0.2, -0.15) is 0 Å². The van der Waals surface area contributed by atoms with Gasteiger partial charge in [0, 0.05) is 33.9 Å². The minimum Gasteiger partial charge on any atom is -0.352 e. The molecule has 0 spiro atoms. The van der Waals surface area contributed by atoms with Crippen LogP contribution < -0.4 is 5.32 Å². The number of hydrogen-bond acceptors (Lipinski definition) is 3. The number of rotatable bonds is 9. The van der Waals surface area contributed by atoms with Crippen molar-refractivity contribution in [3.63, 3.8) is 0 Å². The van der Waals surface area contributed by atoms with Crippen LogP contribution in [0.5, 0.6) is 0 Å². The Morgan fingerprint density at radius 3 is 2.32 bits per heavy atom. The first-order valence-electron chi connectivity index (χ1n) is 11.3. The number of amides is 2. The van der Waals surface area contributed by atoms with Gasteiger partial charge >= 0.3 is 0 Å². The molecule has 0 unspecified atom stereocenters. The molecule has 0 saturated heterocycles. The molecule has 0 heterocycles. The number of carbonyl (C=O) groups is 2. The molecular formula is C25H28Cl4N2O2S. The summed E-state index contributed by atoms with van der Waals surface area (Å²) < 4.78 is 0. The fourth-order valence-electron chi connectivity index (χ4n) is 3.97. The maximum absolute atomic E-state index is 13.3. The van der Waals surface area contributed by atoms with Crippen molar-refractivity contribution in [1.82, 2.24) is 10.2 Å². The minimum atomic E-state index is -0.660. The van der Waals surface area contributed by atoms with Crippen molar-refractivity contribution < 1.29 is 9.59 Å². The number of nitrogens with zero attached hydrogens (tertiary/aromatic N) is 1. The van der Waals surface area contributed by atoms with Gasteiger partial charge in [-0.25, -0.2) is 0 Å². The quantitative estimate of drug-likeness (QED) is 0.347. The molecule has 1 saturated carbocycles. The van der Waals surface area contributed by atoms with Gasteiger partial charge in [0.2, 0.25) is 11.8 Å². The van der Waals surface area contributed by atoms with Gasteiger partial charge in [0.15, 0.2) is 0 Å². The normalized spacial score (nSPS) is 15.1. The molecule has 1 N–H and O–H groups in total. The van der Waals surface area contributed by atoms with Crippen molar-refractivity contribution >= 4 is 70.0 Å². The number of thioether (sulfide) groups is 1. The van der Waals surface area contributed by atoms with Gasteiger partial charge in [0.25, 0.3) is 0 Å². The van der Waals surface area contributed by atoms with Gasteiger partial charge in [-0.3, -0.25) is 9.59 Å². The van der Waals surface area contributed by atoms with Crippen molar-refractivity contribution in [1.29, 1.82) is 0 Å². The van der Waals surface area contributed by atoms with E-state index in [0.717, 1.165) is 31.2 Å². The summed E-state index contributed by atoms with van der Waals surface area (Å²) in [4.78, 5) is 28.0. The van der Waals surface area contributed by atoms with Crippen molar-refractivity contribution in [3.05, 3.63) is 67.6 Å². The Labute approximate surface area is 225 Å². The van der Waals surface area contributed by atoms with E-state index in [2.05, 4.69) is 5.32 Å². The standard InChI is InChI=1S/C25H28Cl4N2O2S/c1-16(25(33)30-18-6-3-2-4-7-18)31(13-19-20(26)8-5-9-21(19)27)24(32)15-34-14-17-10-11-22(28)23(29)12-17/h5,8-12,16,18H,2-4,6-7,13-15H2,1H3,(H,30,33)/t16-/m0/s1. The van der Waals surface area contributed by atoms with Crippen LogP contribution in [0.4, 0.5) is 0 Å². The number of nitrogens with one attached hydrogen (secondary N) is 1. The van der Waals surface area contributed by atoms with E-state index in [4.69, 9.17) is 46.4 Å². The Balaban J connectivity index is 1.70. The summed E-state index contributed by atoms with van der Waals surface area (Å²) >= 11 is 26.3. The molecule has 9 heteroatoms. The summed E-state index contributed by atoms with van der Waals surface area (Å²) in [5.74, 6) is 0.472. The average Bonchev–Trinajstić information content (AvgIpc) is 2.81. The highest BCUT2D eigenvalue weighted by Crippen LogP contribution is 2.28. The van der Waals surface area contributed by atoms with E-state index in [1.165, 1.54) is 18.2 Å². The summed E-state index contributed by atoms with van der Waals surface area (Å²) in [5.41, 5.74) is 1.60. The van der Waals surface area contributed by atoms with Crippen LogP contribution in [-0.2, 0) is 21.9 Å². The molecule has 1 aliphatic carbocycles. The van der Waals surface area contributed by atoms with Crippen LogP contribution in [0.1, 0.15) is 50.2 Å². The van der Waals surface area contributed by atoms with E-state index >= 15 is 0 Å². The van der Waals surface area contributed by atoms with Crippen LogP contribution in [0.15, 0.2) is 36.4 Å². The Kier molecular flexibility index (Phi) is 10.7.